The molecule has 1 aliphatic rings. The van der Waals surface area contributed by atoms with Crippen LogP contribution in [0.25, 0.3) is 0 Å². The fraction of sp³-hybridized carbons (Fsp3) is 0.333. The Bertz CT molecular complexity index is 731. The highest BCUT2D eigenvalue weighted by molar-refractivity contribution is 6.06. The minimum absolute atomic E-state index is 0.176. The Labute approximate surface area is 141 Å². The van der Waals surface area contributed by atoms with Gasteiger partial charge in [0, 0.05) is 24.6 Å². The number of amides is 5. The van der Waals surface area contributed by atoms with Gasteiger partial charge < -0.3 is 5.32 Å². The van der Waals surface area contributed by atoms with Crippen molar-refractivity contribution in [2.45, 2.75) is 25.8 Å². The zero-order valence-electron chi connectivity index (χ0n) is 13.5. The molecule has 0 unspecified atom stereocenters. The molecule has 8 nitrogen and oxygen atoms in total. The molecule has 1 heterocycles. The molecule has 0 atom stereocenters. The molecular weight excluding hydrogens is 338 g/mol. The van der Waals surface area contributed by atoms with Crippen molar-refractivity contribution < 1.29 is 28.0 Å². The van der Waals surface area contributed by atoms with Gasteiger partial charge in [-0.25, -0.2) is 13.6 Å². The van der Waals surface area contributed by atoms with Crippen LogP contribution in [0.5, 0.6) is 0 Å². The first-order chi connectivity index (χ1) is 11.6. The SMILES string of the molecule is CC1(C)NC(=O)N(CCC(=O)NNC(=O)c2cc(F)cc(F)c2)C1=O. The molecule has 0 radical (unpaired) electrons. The van der Waals surface area contributed by atoms with Crippen molar-refractivity contribution in [3.8, 4) is 0 Å². The third kappa shape index (κ3) is 4.28. The topological polar surface area (TPSA) is 108 Å². The number of hydrogen-bond donors (Lipinski definition) is 3. The third-order valence-corrected chi connectivity index (χ3v) is 3.45. The standard InChI is InChI=1S/C15H16F2N4O4/c1-15(2)13(24)21(14(25)18-15)4-3-11(22)19-20-12(23)8-5-9(16)7-10(17)6-8/h5-7H,3-4H2,1-2H3,(H,18,25)(H,19,22)(H,20,23). The first-order valence-corrected chi connectivity index (χ1v) is 7.29. The molecule has 5 amide bonds. The Hall–Kier alpha value is -3.04. The number of nitrogens with zero attached hydrogens (tertiary/aromatic N) is 1. The van der Waals surface area contributed by atoms with E-state index >= 15 is 0 Å². The van der Waals surface area contributed by atoms with Gasteiger partial charge in [-0.1, -0.05) is 0 Å². The van der Waals surface area contributed by atoms with Gasteiger partial charge >= 0.3 is 6.03 Å². The lowest BCUT2D eigenvalue weighted by Crippen LogP contribution is -2.44. The fourth-order valence-corrected chi connectivity index (χ4v) is 2.18. The van der Waals surface area contributed by atoms with Crippen molar-refractivity contribution in [3.63, 3.8) is 0 Å². The number of halogens is 2. The summed E-state index contributed by atoms with van der Waals surface area (Å²) in [6, 6.07) is 1.61. The number of rotatable bonds is 4. The van der Waals surface area contributed by atoms with Crippen LogP contribution in [0.3, 0.4) is 0 Å². The lowest BCUT2D eigenvalue weighted by molar-refractivity contribution is -0.130. The van der Waals surface area contributed by atoms with Crippen LogP contribution < -0.4 is 16.2 Å². The van der Waals surface area contributed by atoms with Gasteiger partial charge in [-0.3, -0.25) is 30.1 Å². The molecule has 134 valence electrons. The number of imide groups is 1. The predicted octanol–water partition coefficient (Wildman–Crippen LogP) is 0.446. The third-order valence-electron chi connectivity index (χ3n) is 3.45. The second kappa shape index (κ2) is 6.83. The molecule has 1 aromatic rings. The Morgan fingerprint density at radius 2 is 1.72 bits per heavy atom. The average Bonchev–Trinajstić information content (AvgIpc) is 2.70. The van der Waals surface area contributed by atoms with Crippen LogP contribution in [-0.4, -0.2) is 40.7 Å². The number of hydrazine groups is 1. The van der Waals surface area contributed by atoms with E-state index in [0.717, 1.165) is 17.0 Å². The van der Waals surface area contributed by atoms with Crippen LogP contribution in [0, 0.1) is 11.6 Å². The minimum Gasteiger partial charge on any atom is -0.324 e. The molecule has 1 fully saturated rings. The van der Waals surface area contributed by atoms with Crippen molar-refractivity contribution in [2.75, 3.05) is 6.54 Å². The van der Waals surface area contributed by atoms with Gasteiger partial charge in [-0.05, 0) is 26.0 Å². The molecule has 0 saturated carbocycles. The minimum atomic E-state index is -1.04. The number of nitrogens with one attached hydrogen (secondary N) is 3. The summed E-state index contributed by atoms with van der Waals surface area (Å²) in [6.45, 7) is 2.89. The van der Waals surface area contributed by atoms with Crippen molar-refractivity contribution in [3.05, 3.63) is 35.4 Å². The number of carbonyl (C=O) groups is 4. The van der Waals surface area contributed by atoms with E-state index in [9.17, 15) is 28.0 Å². The summed E-state index contributed by atoms with van der Waals surface area (Å²) in [5.41, 5.74) is 2.68. The number of hydrogen-bond acceptors (Lipinski definition) is 4. The van der Waals surface area contributed by atoms with Gasteiger partial charge in [0.25, 0.3) is 11.8 Å². The Balaban J connectivity index is 1.84. The highest BCUT2D eigenvalue weighted by Gasteiger charge is 2.43. The van der Waals surface area contributed by atoms with Gasteiger partial charge in [0.1, 0.15) is 17.2 Å². The molecule has 10 heteroatoms. The van der Waals surface area contributed by atoms with E-state index in [2.05, 4.69) is 5.32 Å². The molecule has 3 N–H and O–H groups in total. The second-order valence-electron chi connectivity index (χ2n) is 5.92. The van der Waals surface area contributed by atoms with Crippen molar-refractivity contribution in [2.24, 2.45) is 0 Å². The highest BCUT2D eigenvalue weighted by Crippen LogP contribution is 2.16. The zero-order valence-corrected chi connectivity index (χ0v) is 13.5. The van der Waals surface area contributed by atoms with E-state index in [4.69, 9.17) is 0 Å². The van der Waals surface area contributed by atoms with E-state index in [1.165, 1.54) is 13.8 Å². The Kier molecular flexibility index (Phi) is 5.00. The Morgan fingerprint density at radius 1 is 1.12 bits per heavy atom. The monoisotopic (exact) mass is 354 g/mol. The van der Waals surface area contributed by atoms with Crippen LogP contribution in [0.15, 0.2) is 18.2 Å². The molecule has 1 aliphatic heterocycles. The first kappa shape index (κ1) is 18.3. The first-order valence-electron chi connectivity index (χ1n) is 7.29. The van der Waals surface area contributed by atoms with E-state index in [-0.39, 0.29) is 18.5 Å². The van der Waals surface area contributed by atoms with Crippen molar-refractivity contribution in [1.82, 2.24) is 21.1 Å². The maximum Gasteiger partial charge on any atom is 0.325 e. The van der Waals surface area contributed by atoms with E-state index in [0.29, 0.717) is 6.07 Å². The van der Waals surface area contributed by atoms with Crippen molar-refractivity contribution in [1.29, 1.82) is 0 Å². The smallest absolute Gasteiger partial charge is 0.324 e. The molecule has 1 aromatic carbocycles. The lowest BCUT2D eigenvalue weighted by Gasteiger charge is -2.15. The highest BCUT2D eigenvalue weighted by atomic mass is 19.1. The van der Waals surface area contributed by atoms with Crippen LogP contribution in [0.2, 0.25) is 0 Å². The van der Waals surface area contributed by atoms with Crippen LogP contribution in [-0.2, 0) is 9.59 Å². The van der Waals surface area contributed by atoms with Crippen LogP contribution in [0.4, 0.5) is 13.6 Å². The molecule has 0 spiro atoms. The average molecular weight is 354 g/mol. The zero-order chi connectivity index (χ0) is 18.8. The molecule has 0 bridgehead atoms. The quantitative estimate of drug-likeness (QED) is 0.539. The van der Waals surface area contributed by atoms with Gasteiger partial charge in [0.05, 0.1) is 0 Å². The largest absolute Gasteiger partial charge is 0.325 e. The normalized spacial score (nSPS) is 15.8. The summed E-state index contributed by atoms with van der Waals surface area (Å²) in [5, 5.41) is 2.46. The lowest BCUT2D eigenvalue weighted by atomic mass is 10.1. The van der Waals surface area contributed by atoms with Crippen LogP contribution >= 0.6 is 0 Å². The van der Waals surface area contributed by atoms with Gasteiger partial charge in [0.15, 0.2) is 0 Å². The number of urea groups is 1. The molecule has 25 heavy (non-hydrogen) atoms. The summed E-state index contributed by atoms with van der Waals surface area (Å²) in [5.74, 6) is -3.93. The molecule has 1 saturated heterocycles. The summed E-state index contributed by atoms with van der Waals surface area (Å²) in [7, 11) is 0. The molecule has 0 aliphatic carbocycles. The van der Waals surface area contributed by atoms with E-state index in [1.807, 2.05) is 10.9 Å². The van der Waals surface area contributed by atoms with Gasteiger partial charge in [-0.15, -0.1) is 0 Å². The number of carbonyl (C=O) groups excluding carboxylic acids is 4. The van der Waals surface area contributed by atoms with Crippen molar-refractivity contribution >= 4 is 23.8 Å². The summed E-state index contributed by atoms with van der Waals surface area (Å²) < 4.78 is 26.1. The molecule has 2 rings (SSSR count). The van der Waals surface area contributed by atoms with E-state index < -0.39 is 40.9 Å². The number of benzene rings is 1. The van der Waals surface area contributed by atoms with Gasteiger partial charge in [0.2, 0.25) is 5.91 Å². The predicted molar refractivity (Wildman–Crippen MR) is 80.9 cm³/mol. The summed E-state index contributed by atoms with van der Waals surface area (Å²) in [6.07, 6.45) is -0.257. The van der Waals surface area contributed by atoms with E-state index in [1.54, 1.807) is 0 Å². The maximum atomic E-state index is 13.0. The Morgan fingerprint density at radius 3 is 2.24 bits per heavy atom. The van der Waals surface area contributed by atoms with Gasteiger partial charge in [-0.2, -0.15) is 0 Å². The summed E-state index contributed by atoms with van der Waals surface area (Å²) in [4.78, 5) is 47.9. The second-order valence-corrected chi connectivity index (χ2v) is 5.92. The fourth-order valence-electron chi connectivity index (χ4n) is 2.18. The maximum absolute atomic E-state index is 13.0. The summed E-state index contributed by atoms with van der Waals surface area (Å²) >= 11 is 0. The van der Waals surface area contributed by atoms with Crippen LogP contribution in [0.1, 0.15) is 30.6 Å². The molecular formula is C15H16F2N4O4. The molecule has 0 aromatic heterocycles.